The maximum absolute atomic E-state index is 13.2. The molecule has 0 unspecified atom stereocenters. The third kappa shape index (κ3) is 5.14. The van der Waals surface area contributed by atoms with Crippen molar-refractivity contribution in [2.24, 2.45) is 0 Å². The van der Waals surface area contributed by atoms with Crippen LogP contribution in [-0.2, 0) is 36.4 Å². The second kappa shape index (κ2) is 10.1. The molecule has 3 heterocycles. The van der Waals surface area contributed by atoms with Crippen molar-refractivity contribution in [1.82, 2.24) is 24.7 Å². The number of nitrogens with zero attached hydrogens (tertiary/aromatic N) is 5. The summed E-state index contributed by atoms with van der Waals surface area (Å²) < 4.78 is 44.5. The highest BCUT2D eigenvalue weighted by Gasteiger charge is 2.35. The molecule has 0 radical (unpaired) electrons. The summed E-state index contributed by atoms with van der Waals surface area (Å²) >= 11 is 5.83. The van der Waals surface area contributed by atoms with E-state index in [9.17, 15) is 8.42 Å². The summed E-state index contributed by atoms with van der Waals surface area (Å²) in [6, 6.07) is 0.0669. The number of hydrogen-bond acceptors (Lipinski definition) is 9. The van der Waals surface area contributed by atoms with Crippen molar-refractivity contribution in [3.63, 3.8) is 0 Å². The van der Waals surface area contributed by atoms with Crippen molar-refractivity contribution in [2.45, 2.75) is 49.5 Å². The van der Waals surface area contributed by atoms with Crippen LogP contribution in [0.1, 0.15) is 49.4 Å². The van der Waals surface area contributed by atoms with Gasteiger partial charge in [0.15, 0.2) is 21.5 Å². The fourth-order valence-corrected chi connectivity index (χ4v) is 5.05. The number of ether oxygens (including phenoxy) is 3. The maximum Gasteiger partial charge on any atom is 0.163 e. The Labute approximate surface area is 180 Å². The van der Waals surface area contributed by atoms with Gasteiger partial charge >= 0.3 is 0 Å². The summed E-state index contributed by atoms with van der Waals surface area (Å²) in [6.07, 6.45) is 3.50. The van der Waals surface area contributed by atoms with E-state index in [4.69, 9.17) is 25.8 Å². The molecule has 166 valence electrons. The first kappa shape index (κ1) is 23.0. The minimum atomic E-state index is -3.68. The van der Waals surface area contributed by atoms with Gasteiger partial charge in [-0.1, -0.05) is 11.6 Å². The lowest BCUT2D eigenvalue weighted by Gasteiger charge is -2.26. The molecule has 0 amide bonds. The molecule has 0 aliphatic carbocycles. The molecular formula is C18H26ClN5O5S. The summed E-state index contributed by atoms with van der Waals surface area (Å²) in [6.45, 7) is 3.04. The molecule has 0 saturated carbocycles. The molecule has 0 N–H and O–H groups in total. The minimum absolute atomic E-state index is 0.0669. The highest BCUT2D eigenvalue weighted by atomic mass is 35.5. The highest BCUT2D eigenvalue weighted by molar-refractivity contribution is 7.91. The number of sulfone groups is 1. The summed E-state index contributed by atoms with van der Waals surface area (Å²) in [5.41, 5.74) is 0. The van der Waals surface area contributed by atoms with Gasteiger partial charge in [-0.25, -0.2) is 18.4 Å². The number of methoxy groups -OCH3 is 2. The predicted molar refractivity (Wildman–Crippen MR) is 109 cm³/mol. The van der Waals surface area contributed by atoms with E-state index in [0.717, 1.165) is 12.8 Å². The third-order valence-electron chi connectivity index (χ3n) is 5.14. The molecule has 10 nitrogen and oxygen atoms in total. The molecule has 1 aliphatic rings. The number of aromatic nitrogens is 5. The summed E-state index contributed by atoms with van der Waals surface area (Å²) in [5, 5.41) is 7.79. The van der Waals surface area contributed by atoms with Crippen LogP contribution >= 0.6 is 11.6 Å². The van der Waals surface area contributed by atoms with Gasteiger partial charge in [0.25, 0.3) is 0 Å². The first-order chi connectivity index (χ1) is 14.4. The lowest BCUT2D eigenvalue weighted by Crippen LogP contribution is -2.31. The second-order valence-electron chi connectivity index (χ2n) is 7.11. The number of rotatable bonds is 9. The quantitative estimate of drug-likeness (QED) is 0.553. The Hall–Kier alpha value is -1.66. The summed E-state index contributed by atoms with van der Waals surface area (Å²) in [5.74, 6) is 0.957. The molecular weight excluding hydrogens is 434 g/mol. The SMILES string of the molecule is COCc1nnc(CS(=O)(=O)[C@@H](C)[C@H](OC)c2ncc(Cl)cn2)n1C1CCOCC1. The van der Waals surface area contributed by atoms with E-state index < -0.39 is 21.2 Å². The van der Waals surface area contributed by atoms with E-state index in [1.807, 2.05) is 4.57 Å². The Morgan fingerprint density at radius 1 is 1.20 bits per heavy atom. The van der Waals surface area contributed by atoms with Crippen molar-refractivity contribution in [1.29, 1.82) is 0 Å². The van der Waals surface area contributed by atoms with Gasteiger partial charge in [0.1, 0.15) is 24.3 Å². The Bertz CT molecular complexity index is 931. The molecule has 0 spiro atoms. The van der Waals surface area contributed by atoms with Crippen LogP contribution in [0.5, 0.6) is 0 Å². The predicted octanol–water partition coefficient (Wildman–Crippen LogP) is 1.91. The van der Waals surface area contributed by atoms with Gasteiger partial charge in [0.2, 0.25) is 0 Å². The number of halogens is 1. The van der Waals surface area contributed by atoms with E-state index in [-0.39, 0.29) is 24.2 Å². The van der Waals surface area contributed by atoms with Gasteiger partial charge in [-0.3, -0.25) is 0 Å². The summed E-state index contributed by atoms with van der Waals surface area (Å²) in [4.78, 5) is 8.23. The van der Waals surface area contributed by atoms with Crippen LogP contribution < -0.4 is 0 Å². The smallest absolute Gasteiger partial charge is 0.163 e. The van der Waals surface area contributed by atoms with Crippen molar-refractivity contribution in [3.05, 3.63) is 34.9 Å². The largest absolute Gasteiger partial charge is 0.381 e. The van der Waals surface area contributed by atoms with Crippen LogP contribution in [0.25, 0.3) is 0 Å². The van der Waals surface area contributed by atoms with E-state index in [0.29, 0.717) is 29.9 Å². The van der Waals surface area contributed by atoms with Crippen molar-refractivity contribution < 1.29 is 22.6 Å². The molecule has 30 heavy (non-hydrogen) atoms. The van der Waals surface area contributed by atoms with Gasteiger partial charge in [0.05, 0.1) is 10.3 Å². The van der Waals surface area contributed by atoms with E-state index in [2.05, 4.69) is 20.2 Å². The lowest BCUT2D eigenvalue weighted by atomic mass is 10.1. The monoisotopic (exact) mass is 459 g/mol. The molecule has 0 aromatic carbocycles. The molecule has 2 aromatic heterocycles. The zero-order valence-corrected chi connectivity index (χ0v) is 18.8. The first-order valence-corrected chi connectivity index (χ1v) is 11.7. The molecule has 2 aromatic rings. The molecule has 0 bridgehead atoms. The molecule has 3 rings (SSSR count). The van der Waals surface area contributed by atoms with E-state index in [1.54, 1.807) is 14.0 Å². The third-order valence-corrected chi connectivity index (χ3v) is 7.37. The normalized spacial score (nSPS) is 17.7. The van der Waals surface area contributed by atoms with Crippen LogP contribution in [0.15, 0.2) is 12.4 Å². The fourth-order valence-electron chi connectivity index (χ4n) is 3.53. The topological polar surface area (TPSA) is 118 Å². The van der Waals surface area contributed by atoms with Gasteiger partial charge < -0.3 is 18.8 Å². The molecule has 1 saturated heterocycles. The fraction of sp³-hybridized carbons (Fsp3) is 0.667. The zero-order chi connectivity index (χ0) is 21.7. The standard InChI is InChI=1S/C18H26ClN5O5S/c1-12(17(28-3)18-20-8-13(19)9-21-18)30(25,26)11-16-23-22-15(10-27-2)24(16)14-4-6-29-7-5-14/h8-9,12,14,17H,4-7,10-11H2,1-3H3/t12-,17-/m0/s1. The lowest BCUT2D eigenvalue weighted by molar-refractivity contribution is 0.0659. The average molecular weight is 460 g/mol. The van der Waals surface area contributed by atoms with Crippen LogP contribution in [0.3, 0.4) is 0 Å². The van der Waals surface area contributed by atoms with Gasteiger partial charge in [0, 0.05) is 45.9 Å². The van der Waals surface area contributed by atoms with Crippen molar-refractivity contribution in [2.75, 3.05) is 27.4 Å². The van der Waals surface area contributed by atoms with Gasteiger partial charge in [-0.15, -0.1) is 10.2 Å². The zero-order valence-electron chi connectivity index (χ0n) is 17.2. The summed E-state index contributed by atoms with van der Waals surface area (Å²) in [7, 11) is -0.686. The van der Waals surface area contributed by atoms with Crippen LogP contribution in [0.4, 0.5) is 0 Å². The Morgan fingerprint density at radius 3 is 2.43 bits per heavy atom. The van der Waals surface area contributed by atoms with Crippen LogP contribution in [0, 0.1) is 0 Å². The van der Waals surface area contributed by atoms with Crippen molar-refractivity contribution >= 4 is 21.4 Å². The average Bonchev–Trinajstić information content (AvgIpc) is 3.12. The molecule has 1 aliphatic heterocycles. The van der Waals surface area contributed by atoms with E-state index in [1.165, 1.54) is 19.5 Å². The van der Waals surface area contributed by atoms with Crippen molar-refractivity contribution in [3.8, 4) is 0 Å². The molecule has 1 fully saturated rings. The van der Waals surface area contributed by atoms with Crippen LogP contribution in [-0.4, -0.2) is 65.8 Å². The first-order valence-electron chi connectivity index (χ1n) is 9.58. The van der Waals surface area contributed by atoms with E-state index >= 15 is 0 Å². The maximum atomic E-state index is 13.2. The second-order valence-corrected chi connectivity index (χ2v) is 9.90. The molecule has 2 atom stereocenters. The molecule has 12 heteroatoms. The van der Waals surface area contributed by atoms with Gasteiger partial charge in [-0.05, 0) is 19.8 Å². The highest BCUT2D eigenvalue weighted by Crippen LogP contribution is 2.28. The number of hydrogen-bond donors (Lipinski definition) is 0. The minimum Gasteiger partial charge on any atom is -0.381 e. The Morgan fingerprint density at radius 2 is 1.83 bits per heavy atom. The van der Waals surface area contributed by atoms with Crippen LogP contribution in [0.2, 0.25) is 5.02 Å². The van der Waals surface area contributed by atoms with Gasteiger partial charge in [-0.2, -0.15) is 0 Å². The Balaban J connectivity index is 1.87. The Kier molecular flexibility index (Phi) is 7.75.